The first-order chi connectivity index (χ1) is 8.54. The molecule has 98 valence electrons. The van der Waals surface area contributed by atoms with Gasteiger partial charge in [-0.25, -0.2) is 10.8 Å². The first kappa shape index (κ1) is 12.5. The molecule has 0 aromatic carbocycles. The molecule has 0 bridgehead atoms. The molecule has 8 nitrogen and oxygen atoms in total. The van der Waals surface area contributed by atoms with Crippen LogP contribution < -0.4 is 16.2 Å². The van der Waals surface area contributed by atoms with E-state index in [0.717, 1.165) is 19.3 Å². The van der Waals surface area contributed by atoms with Gasteiger partial charge < -0.3 is 4.90 Å². The number of hydrogen-bond donors (Lipinski definition) is 2. The molecule has 0 atom stereocenters. The Hall–Kier alpha value is -1.96. The molecule has 0 unspecified atom stereocenters. The molecule has 0 aliphatic heterocycles. The number of nitro groups is 1. The number of nitrogens with zero attached hydrogens (tertiary/aromatic N) is 4. The topological polar surface area (TPSA) is 110 Å². The summed E-state index contributed by atoms with van der Waals surface area (Å²) in [5.74, 6) is 5.79. The van der Waals surface area contributed by atoms with Crippen LogP contribution in [0.2, 0.25) is 0 Å². The highest BCUT2D eigenvalue weighted by molar-refractivity contribution is 5.62. The fourth-order valence-corrected chi connectivity index (χ4v) is 2.02. The van der Waals surface area contributed by atoms with Crippen molar-refractivity contribution in [1.29, 1.82) is 0 Å². The average Bonchev–Trinajstić information content (AvgIpc) is 2.24. The minimum Gasteiger partial charge on any atom is -0.351 e. The average molecular weight is 252 g/mol. The number of hydrogen-bond acceptors (Lipinski definition) is 7. The SMILES string of the molecule is Cc1nc(NN)nc(N(C)C2CCC2)c1[N+](=O)[O-]. The summed E-state index contributed by atoms with van der Waals surface area (Å²) in [6.45, 7) is 1.58. The van der Waals surface area contributed by atoms with Crippen molar-refractivity contribution in [2.45, 2.75) is 32.2 Å². The number of aryl methyl sites for hydroxylation is 1. The lowest BCUT2D eigenvalue weighted by atomic mass is 9.92. The molecule has 8 heteroatoms. The summed E-state index contributed by atoms with van der Waals surface area (Å²) in [5, 5.41) is 11.1. The lowest BCUT2D eigenvalue weighted by Gasteiger charge is -2.35. The van der Waals surface area contributed by atoms with Crippen molar-refractivity contribution in [3.63, 3.8) is 0 Å². The van der Waals surface area contributed by atoms with E-state index in [0.29, 0.717) is 17.6 Å². The third kappa shape index (κ3) is 2.06. The van der Waals surface area contributed by atoms with Crippen LogP contribution in [0, 0.1) is 17.0 Å². The smallest absolute Gasteiger partial charge is 0.332 e. The van der Waals surface area contributed by atoms with E-state index >= 15 is 0 Å². The zero-order chi connectivity index (χ0) is 13.3. The van der Waals surface area contributed by atoms with E-state index < -0.39 is 4.92 Å². The standard InChI is InChI=1S/C10H16N6O2/c1-6-8(16(17)18)9(13-10(12-6)14-11)15(2)7-4-3-5-7/h7H,3-5,11H2,1-2H3,(H,12,13,14). The van der Waals surface area contributed by atoms with E-state index in [1.807, 2.05) is 11.9 Å². The molecule has 2 rings (SSSR count). The molecule has 0 amide bonds. The normalized spacial score (nSPS) is 15.1. The van der Waals surface area contributed by atoms with Crippen LogP contribution in [0.1, 0.15) is 25.0 Å². The summed E-state index contributed by atoms with van der Waals surface area (Å²) in [6.07, 6.45) is 3.21. The third-order valence-corrected chi connectivity index (χ3v) is 3.31. The van der Waals surface area contributed by atoms with Gasteiger partial charge in [0.05, 0.1) is 4.92 Å². The van der Waals surface area contributed by atoms with Gasteiger partial charge in [0.1, 0.15) is 5.69 Å². The number of rotatable bonds is 4. The van der Waals surface area contributed by atoms with Crippen LogP contribution in [0.3, 0.4) is 0 Å². The Morgan fingerprint density at radius 3 is 2.61 bits per heavy atom. The van der Waals surface area contributed by atoms with E-state index in [1.165, 1.54) is 0 Å². The van der Waals surface area contributed by atoms with Gasteiger partial charge in [-0.15, -0.1) is 0 Å². The Bertz CT molecular complexity index is 474. The number of hydrazine groups is 1. The Kier molecular flexibility index (Phi) is 3.28. The summed E-state index contributed by atoms with van der Waals surface area (Å²) in [7, 11) is 1.82. The van der Waals surface area contributed by atoms with Gasteiger partial charge in [0, 0.05) is 13.1 Å². The molecule has 0 radical (unpaired) electrons. The molecular weight excluding hydrogens is 236 g/mol. The van der Waals surface area contributed by atoms with Crippen molar-refractivity contribution < 1.29 is 4.92 Å². The van der Waals surface area contributed by atoms with Crippen molar-refractivity contribution in [3.05, 3.63) is 15.8 Å². The highest BCUT2D eigenvalue weighted by Crippen LogP contribution is 2.34. The summed E-state index contributed by atoms with van der Waals surface area (Å²) in [4.78, 5) is 20.6. The molecule has 1 aliphatic rings. The Labute approximate surface area is 104 Å². The zero-order valence-corrected chi connectivity index (χ0v) is 10.4. The third-order valence-electron chi connectivity index (χ3n) is 3.31. The molecule has 0 saturated heterocycles. The monoisotopic (exact) mass is 252 g/mol. The van der Waals surface area contributed by atoms with Gasteiger partial charge in [0.2, 0.25) is 11.8 Å². The van der Waals surface area contributed by atoms with Crippen LogP contribution in [0.25, 0.3) is 0 Å². The molecule has 18 heavy (non-hydrogen) atoms. The highest BCUT2D eigenvalue weighted by Gasteiger charge is 2.30. The molecule has 0 spiro atoms. The molecule has 1 fully saturated rings. The predicted octanol–water partition coefficient (Wildman–Crippen LogP) is 0.968. The number of nitrogens with one attached hydrogen (secondary N) is 1. The fourth-order valence-electron chi connectivity index (χ4n) is 2.02. The first-order valence-corrected chi connectivity index (χ1v) is 5.77. The molecule has 1 heterocycles. The summed E-state index contributed by atoms with van der Waals surface area (Å²) in [6, 6.07) is 0.309. The Morgan fingerprint density at radius 2 is 2.17 bits per heavy atom. The quantitative estimate of drug-likeness (QED) is 0.466. The van der Waals surface area contributed by atoms with E-state index in [4.69, 9.17) is 5.84 Å². The second kappa shape index (κ2) is 4.73. The number of anilines is 2. The summed E-state index contributed by atoms with van der Waals surface area (Å²) >= 11 is 0. The fraction of sp³-hybridized carbons (Fsp3) is 0.600. The lowest BCUT2D eigenvalue weighted by Crippen LogP contribution is -2.38. The molecule has 1 aliphatic carbocycles. The van der Waals surface area contributed by atoms with E-state index in [2.05, 4.69) is 15.4 Å². The van der Waals surface area contributed by atoms with Crippen LogP contribution in [0.5, 0.6) is 0 Å². The predicted molar refractivity (Wildman–Crippen MR) is 67.3 cm³/mol. The van der Waals surface area contributed by atoms with Crippen molar-refractivity contribution in [1.82, 2.24) is 9.97 Å². The van der Waals surface area contributed by atoms with Crippen molar-refractivity contribution in [2.75, 3.05) is 17.4 Å². The van der Waals surface area contributed by atoms with Crippen LogP contribution in [0.4, 0.5) is 17.5 Å². The zero-order valence-electron chi connectivity index (χ0n) is 10.4. The maximum atomic E-state index is 11.1. The minimum atomic E-state index is -0.444. The van der Waals surface area contributed by atoms with Crippen molar-refractivity contribution in [3.8, 4) is 0 Å². The first-order valence-electron chi connectivity index (χ1n) is 5.77. The van der Waals surface area contributed by atoms with Crippen molar-refractivity contribution in [2.24, 2.45) is 5.84 Å². The molecule has 3 N–H and O–H groups in total. The maximum absolute atomic E-state index is 11.1. The molecular formula is C10H16N6O2. The molecule has 1 aromatic heterocycles. The van der Waals surface area contributed by atoms with Crippen LogP contribution in [-0.4, -0.2) is 28.0 Å². The molecule has 1 saturated carbocycles. The van der Waals surface area contributed by atoms with Gasteiger partial charge in [-0.1, -0.05) is 0 Å². The van der Waals surface area contributed by atoms with E-state index in [1.54, 1.807) is 6.92 Å². The van der Waals surface area contributed by atoms with Crippen LogP contribution in [0.15, 0.2) is 0 Å². The van der Waals surface area contributed by atoms with Gasteiger partial charge in [-0.2, -0.15) is 4.98 Å². The Balaban J connectivity index is 2.47. The summed E-state index contributed by atoms with van der Waals surface area (Å²) in [5.41, 5.74) is 2.59. The Morgan fingerprint density at radius 1 is 1.50 bits per heavy atom. The van der Waals surface area contributed by atoms with Gasteiger partial charge in [-0.05, 0) is 26.2 Å². The highest BCUT2D eigenvalue weighted by atomic mass is 16.6. The number of nitrogen functional groups attached to an aromatic ring is 1. The minimum absolute atomic E-state index is 0.0524. The van der Waals surface area contributed by atoms with Crippen molar-refractivity contribution >= 4 is 17.5 Å². The summed E-state index contributed by atoms with van der Waals surface area (Å²) < 4.78 is 0. The van der Waals surface area contributed by atoms with Gasteiger partial charge in [0.15, 0.2) is 0 Å². The molecule has 1 aromatic rings. The lowest BCUT2D eigenvalue weighted by molar-refractivity contribution is -0.385. The van der Waals surface area contributed by atoms with Crippen LogP contribution >= 0.6 is 0 Å². The van der Waals surface area contributed by atoms with E-state index in [9.17, 15) is 10.1 Å². The van der Waals surface area contributed by atoms with Gasteiger partial charge in [0.25, 0.3) is 0 Å². The van der Waals surface area contributed by atoms with Gasteiger partial charge in [-0.3, -0.25) is 15.5 Å². The number of nitrogens with two attached hydrogens (primary N) is 1. The second-order valence-corrected chi connectivity index (χ2v) is 4.40. The van der Waals surface area contributed by atoms with Gasteiger partial charge >= 0.3 is 5.69 Å². The largest absolute Gasteiger partial charge is 0.351 e. The van der Waals surface area contributed by atoms with Crippen LogP contribution in [-0.2, 0) is 0 Å². The second-order valence-electron chi connectivity index (χ2n) is 4.40. The maximum Gasteiger partial charge on any atom is 0.332 e. The van der Waals surface area contributed by atoms with E-state index in [-0.39, 0.29) is 11.6 Å². The number of aromatic nitrogens is 2.